The van der Waals surface area contributed by atoms with E-state index in [9.17, 15) is 24.3 Å². The smallest absolute Gasteiger partial charge is 0.334 e. The van der Waals surface area contributed by atoms with Gasteiger partial charge >= 0.3 is 17.9 Å². The average Bonchev–Trinajstić information content (AvgIpc) is 2.93. The molecule has 8 heteroatoms. The lowest BCUT2D eigenvalue weighted by Gasteiger charge is -2.33. The first-order valence-corrected chi connectivity index (χ1v) is 9.08. The van der Waals surface area contributed by atoms with E-state index in [1.807, 2.05) is 0 Å². The highest BCUT2D eigenvalue weighted by molar-refractivity contribution is 5.92. The Morgan fingerprint density at radius 1 is 1.34 bits per heavy atom. The molecule has 1 aliphatic heterocycles. The Labute approximate surface area is 168 Å². The molecule has 29 heavy (non-hydrogen) atoms. The van der Waals surface area contributed by atoms with Crippen molar-refractivity contribution >= 4 is 24.2 Å². The van der Waals surface area contributed by atoms with Crippen molar-refractivity contribution in [2.24, 2.45) is 5.92 Å². The number of aliphatic hydroxyl groups is 1. The fourth-order valence-electron chi connectivity index (χ4n) is 3.28. The molecule has 8 nitrogen and oxygen atoms in total. The molecule has 0 saturated carbocycles. The summed E-state index contributed by atoms with van der Waals surface area (Å²) in [5.74, 6) is -3.12. The normalized spacial score (nSPS) is 30.6. The zero-order valence-corrected chi connectivity index (χ0v) is 16.4. The molecule has 1 heterocycles. The maximum atomic E-state index is 12.3. The SMILES string of the molecule is C=C(C)C(=O)O[C@H]1[C@@H]2C(=C)C(=O)O[C@@H]2/C=C(\CO)CC/C=C(/C=O)[C@@H]1OC(C)=O. The van der Waals surface area contributed by atoms with Gasteiger partial charge < -0.3 is 19.3 Å². The molecule has 1 aliphatic carbocycles. The van der Waals surface area contributed by atoms with Crippen molar-refractivity contribution in [3.8, 4) is 0 Å². The third-order valence-electron chi connectivity index (χ3n) is 4.71. The molecule has 1 N–H and O–H groups in total. The molecular formula is C21H24O8. The second-order valence-corrected chi connectivity index (χ2v) is 6.94. The van der Waals surface area contributed by atoms with Gasteiger partial charge in [-0.25, -0.2) is 9.59 Å². The van der Waals surface area contributed by atoms with Gasteiger partial charge in [-0.2, -0.15) is 0 Å². The average molecular weight is 404 g/mol. The number of carbonyl (C=O) groups is 4. The molecule has 0 bridgehead atoms. The van der Waals surface area contributed by atoms with Crippen LogP contribution in [0.4, 0.5) is 0 Å². The summed E-state index contributed by atoms with van der Waals surface area (Å²) in [5.41, 5.74) is 0.745. The van der Waals surface area contributed by atoms with Gasteiger partial charge in [0.05, 0.1) is 12.5 Å². The fourth-order valence-corrected chi connectivity index (χ4v) is 3.28. The van der Waals surface area contributed by atoms with Crippen molar-refractivity contribution in [1.29, 1.82) is 0 Å². The number of rotatable bonds is 5. The second kappa shape index (κ2) is 9.47. The lowest BCUT2D eigenvalue weighted by atomic mass is 9.83. The summed E-state index contributed by atoms with van der Waals surface area (Å²) in [7, 11) is 0. The van der Waals surface area contributed by atoms with E-state index in [0.717, 1.165) is 6.92 Å². The van der Waals surface area contributed by atoms with Gasteiger partial charge in [-0.1, -0.05) is 19.2 Å². The molecule has 156 valence electrons. The van der Waals surface area contributed by atoms with Crippen LogP contribution < -0.4 is 0 Å². The van der Waals surface area contributed by atoms with E-state index >= 15 is 0 Å². The van der Waals surface area contributed by atoms with E-state index in [2.05, 4.69) is 13.2 Å². The first-order chi connectivity index (χ1) is 13.7. The van der Waals surface area contributed by atoms with Crippen LogP contribution in [0.15, 0.2) is 47.6 Å². The molecule has 0 unspecified atom stereocenters. The fraction of sp³-hybridized carbons (Fsp3) is 0.429. The highest BCUT2D eigenvalue weighted by Crippen LogP contribution is 2.37. The van der Waals surface area contributed by atoms with Crippen LogP contribution in [0, 0.1) is 5.92 Å². The standard InChI is InChI=1S/C21H24O8/c1-11(2)20(25)29-19-17-12(3)21(26)28-16(17)8-14(9-22)6-5-7-15(10-23)18(19)27-13(4)24/h7-8,10,16-19,22H,1,3,5-6,9H2,2,4H3/b14-8-,15-7-/t16-,17-,18+,19+/m1/s1. The summed E-state index contributed by atoms with van der Waals surface area (Å²) < 4.78 is 16.2. The number of ether oxygens (including phenoxy) is 3. The van der Waals surface area contributed by atoms with Gasteiger partial charge in [-0.15, -0.1) is 0 Å². The number of hydrogen-bond acceptors (Lipinski definition) is 8. The molecule has 0 radical (unpaired) electrons. The van der Waals surface area contributed by atoms with Crippen LogP contribution in [0.2, 0.25) is 0 Å². The Morgan fingerprint density at radius 3 is 2.59 bits per heavy atom. The van der Waals surface area contributed by atoms with Crippen molar-refractivity contribution in [2.45, 2.75) is 45.0 Å². The molecule has 1 saturated heterocycles. The first-order valence-electron chi connectivity index (χ1n) is 9.08. The number of esters is 3. The van der Waals surface area contributed by atoms with Crippen molar-refractivity contribution in [2.75, 3.05) is 6.61 Å². The summed E-state index contributed by atoms with van der Waals surface area (Å²) in [6.07, 6.45) is 0.932. The molecule has 0 aromatic carbocycles. The molecule has 1 fully saturated rings. The largest absolute Gasteiger partial charge is 0.454 e. The first kappa shape index (κ1) is 22.3. The highest BCUT2D eigenvalue weighted by Gasteiger charge is 2.49. The number of carbonyl (C=O) groups excluding carboxylic acids is 4. The summed E-state index contributed by atoms with van der Waals surface area (Å²) in [5, 5.41) is 9.61. The predicted molar refractivity (Wildman–Crippen MR) is 101 cm³/mol. The van der Waals surface area contributed by atoms with Gasteiger partial charge in [0.2, 0.25) is 0 Å². The predicted octanol–water partition coefficient (Wildman–Crippen LogP) is 1.34. The van der Waals surface area contributed by atoms with E-state index in [-0.39, 0.29) is 23.3 Å². The molecule has 0 aromatic heterocycles. The van der Waals surface area contributed by atoms with Gasteiger partial charge in [0.15, 0.2) is 12.2 Å². The second-order valence-electron chi connectivity index (χ2n) is 6.94. The van der Waals surface area contributed by atoms with Crippen LogP contribution in [0.5, 0.6) is 0 Å². The van der Waals surface area contributed by atoms with Crippen molar-refractivity contribution in [1.82, 2.24) is 0 Å². The Balaban J connectivity index is 2.65. The van der Waals surface area contributed by atoms with Crippen molar-refractivity contribution < 1.29 is 38.5 Å². The molecule has 0 amide bonds. The molecule has 0 aromatic rings. The van der Waals surface area contributed by atoms with E-state index < -0.39 is 42.1 Å². The maximum absolute atomic E-state index is 12.3. The van der Waals surface area contributed by atoms with E-state index in [1.54, 1.807) is 12.2 Å². The maximum Gasteiger partial charge on any atom is 0.334 e. The minimum Gasteiger partial charge on any atom is -0.454 e. The topological polar surface area (TPSA) is 116 Å². The minimum atomic E-state index is -1.27. The van der Waals surface area contributed by atoms with E-state index in [1.165, 1.54) is 6.92 Å². The van der Waals surface area contributed by atoms with Gasteiger partial charge in [-0.3, -0.25) is 9.59 Å². The summed E-state index contributed by atoms with van der Waals surface area (Å²) in [6, 6.07) is 0. The number of hydrogen-bond donors (Lipinski definition) is 1. The number of aldehydes is 1. The van der Waals surface area contributed by atoms with Crippen LogP contribution >= 0.6 is 0 Å². The third kappa shape index (κ3) is 5.08. The number of aliphatic hydroxyl groups excluding tert-OH is 1. The number of allylic oxidation sites excluding steroid dienone is 1. The van der Waals surface area contributed by atoms with E-state index in [4.69, 9.17) is 14.2 Å². The van der Waals surface area contributed by atoms with Crippen LogP contribution in [0.3, 0.4) is 0 Å². The summed E-state index contributed by atoms with van der Waals surface area (Å²) in [4.78, 5) is 48.0. The Bertz CT molecular complexity index is 803. The van der Waals surface area contributed by atoms with Crippen LogP contribution in [-0.2, 0) is 33.4 Å². The Kier molecular flexibility index (Phi) is 7.28. The van der Waals surface area contributed by atoms with Gasteiger partial charge in [0.25, 0.3) is 0 Å². The summed E-state index contributed by atoms with van der Waals surface area (Å²) in [6.45, 7) is 9.59. The minimum absolute atomic E-state index is 0.00558. The van der Waals surface area contributed by atoms with Gasteiger partial charge in [-0.05, 0) is 31.4 Å². The Morgan fingerprint density at radius 2 is 2.03 bits per heavy atom. The summed E-state index contributed by atoms with van der Waals surface area (Å²) >= 11 is 0. The van der Waals surface area contributed by atoms with Crippen molar-refractivity contribution in [3.63, 3.8) is 0 Å². The Hall–Kier alpha value is -3.00. The monoisotopic (exact) mass is 404 g/mol. The number of fused-ring (bicyclic) bond motifs is 1. The van der Waals surface area contributed by atoms with Gasteiger partial charge in [0.1, 0.15) is 12.4 Å². The quantitative estimate of drug-likeness (QED) is 0.240. The third-order valence-corrected chi connectivity index (χ3v) is 4.71. The molecular weight excluding hydrogens is 380 g/mol. The highest BCUT2D eigenvalue weighted by atomic mass is 16.6. The van der Waals surface area contributed by atoms with Crippen LogP contribution in [0.25, 0.3) is 0 Å². The zero-order chi connectivity index (χ0) is 21.7. The van der Waals surface area contributed by atoms with Crippen molar-refractivity contribution in [3.05, 3.63) is 47.6 Å². The molecule has 2 aliphatic rings. The molecule has 0 spiro atoms. The van der Waals surface area contributed by atoms with Crippen LogP contribution in [-0.4, -0.2) is 54.2 Å². The van der Waals surface area contributed by atoms with Gasteiger partial charge in [0, 0.05) is 23.6 Å². The van der Waals surface area contributed by atoms with Crippen LogP contribution in [0.1, 0.15) is 26.7 Å². The zero-order valence-electron chi connectivity index (χ0n) is 16.4. The molecule has 4 atom stereocenters. The lowest BCUT2D eigenvalue weighted by molar-refractivity contribution is -0.166. The van der Waals surface area contributed by atoms with E-state index in [0.29, 0.717) is 24.7 Å². The molecule has 2 rings (SSSR count). The lowest BCUT2D eigenvalue weighted by Crippen LogP contribution is -2.45.